The molecular weight excluding hydrogens is 486 g/mol. The Kier molecular flexibility index (Phi) is 7.19. The maximum absolute atomic E-state index is 12.6. The van der Waals surface area contributed by atoms with E-state index in [4.69, 9.17) is 9.47 Å². The van der Waals surface area contributed by atoms with Crippen LogP contribution in [0.5, 0.6) is 17.5 Å². The summed E-state index contributed by atoms with van der Waals surface area (Å²) in [6.45, 7) is 3.38. The summed E-state index contributed by atoms with van der Waals surface area (Å²) < 4.78 is 11.8. The number of aromatic nitrogens is 3. The first-order valence-corrected chi connectivity index (χ1v) is 11.3. The molecule has 1 N–H and O–H groups in total. The highest BCUT2D eigenvalue weighted by Crippen LogP contribution is 2.27. The van der Waals surface area contributed by atoms with Crippen molar-refractivity contribution in [3.63, 3.8) is 0 Å². The van der Waals surface area contributed by atoms with Crippen LogP contribution in [0.15, 0.2) is 65.0 Å². The predicted octanol–water partition coefficient (Wildman–Crippen LogP) is 5.39. The number of hydrogen-bond acceptors (Lipinski definition) is 6. The van der Waals surface area contributed by atoms with E-state index in [1.807, 2.05) is 36.4 Å². The van der Waals surface area contributed by atoms with Gasteiger partial charge in [0.25, 0.3) is 0 Å². The molecule has 1 aromatic carbocycles. The van der Waals surface area contributed by atoms with Crippen molar-refractivity contribution in [3.05, 3.63) is 70.6 Å². The fourth-order valence-corrected chi connectivity index (χ4v) is 3.78. The molecule has 170 valence electrons. The van der Waals surface area contributed by atoms with E-state index in [2.05, 4.69) is 49.2 Å². The summed E-state index contributed by atoms with van der Waals surface area (Å²) in [6, 6.07) is 11.4. The van der Waals surface area contributed by atoms with Gasteiger partial charge in [-0.1, -0.05) is 30.7 Å². The van der Waals surface area contributed by atoms with Gasteiger partial charge < -0.3 is 14.4 Å². The third-order valence-corrected chi connectivity index (χ3v) is 5.76. The predicted molar refractivity (Wildman–Crippen MR) is 129 cm³/mol. The van der Waals surface area contributed by atoms with Crippen molar-refractivity contribution < 1.29 is 14.3 Å². The molecule has 1 atom stereocenters. The van der Waals surface area contributed by atoms with Crippen LogP contribution in [0, 0.1) is 5.92 Å². The van der Waals surface area contributed by atoms with Gasteiger partial charge in [0.15, 0.2) is 5.82 Å². The molecule has 0 bridgehead atoms. The first-order valence-electron chi connectivity index (χ1n) is 10.5. The Morgan fingerprint density at radius 3 is 2.70 bits per heavy atom. The van der Waals surface area contributed by atoms with E-state index in [1.54, 1.807) is 11.1 Å². The molecule has 1 aliphatic heterocycles. The fourth-order valence-electron chi connectivity index (χ4n) is 3.55. The molecule has 1 fully saturated rings. The molecule has 33 heavy (non-hydrogen) atoms. The Bertz CT molecular complexity index is 1140. The molecule has 2 aromatic heterocycles. The second kappa shape index (κ2) is 10.4. The highest BCUT2D eigenvalue weighted by atomic mass is 79.9. The number of benzene rings is 1. The van der Waals surface area contributed by atoms with Crippen LogP contribution in [-0.2, 0) is 0 Å². The average molecular weight is 510 g/mol. The number of hydrogen-bond donors (Lipinski definition) is 1. The van der Waals surface area contributed by atoms with E-state index >= 15 is 0 Å². The number of anilines is 1. The summed E-state index contributed by atoms with van der Waals surface area (Å²) in [5.41, 5.74) is 2.35. The summed E-state index contributed by atoms with van der Waals surface area (Å²) in [4.78, 5) is 26.9. The van der Waals surface area contributed by atoms with Crippen molar-refractivity contribution in [2.24, 2.45) is 5.92 Å². The van der Waals surface area contributed by atoms with Crippen LogP contribution in [0.25, 0.3) is 6.08 Å². The molecule has 4 rings (SSSR count). The van der Waals surface area contributed by atoms with Crippen LogP contribution in [0.3, 0.4) is 0 Å². The molecule has 3 aromatic rings. The number of rotatable bonds is 5. The monoisotopic (exact) mass is 509 g/mol. The number of ether oxygens (including phenoxy) is 2. The quantitative estimate of drug-likeness (QED) is 0.495. The number of pyridine rings is 1. The van der Waals surface area contributed by atoms with Gasteiger partial charge in [0, 0.05) is 29.8 Å². The van der Waals surface area contributed by atoms with Gasteiger partial charge in [-0.2, -0.15) is 0 Å². The maximum Gasteiger partial charge on any atom is 0.323 e. The molecule has 0 saturated carbocycles. The van der Waals surface area contributed by atoms with Crippen LogP contribution >= 0.6 is 15.9 Å². The van der Waals surface area contributed by atoms with E-state index < -0.39 is 0 Å². The SMILES string of the molecule is COc1cnc(NC(=O)N2CCC(=Cc3cccc(Oc4ccc(Br)cn4)c3)C(C)C2)cn1. The average Bonchev–Trinajstić information content (AvgIpc) is 2.82. The number of carbonyl (C=O) groups excluding carboxylic acids is 1. The van der Waals surface area contributed by atoms with Crippen LogP contribution in [0.2, 0.25) is 0 Å². The van der Waals surface area contributed by atoms with E-state index in [0.717, 1.165) is 22.2 Å². The molecule has 8 nitrogen and oxygen atoms in total. The lowest BCUT2D eigenvalue weighted by molar-refractivity contribution is 0.197. The molecule has 1 unspecified atom stereocenters. The highest BCUT2D eigenvalue weighted by Gasteiger charge is 2.24. The zero-order valence-electron chi connectivity index (χ0n) is 18.4. The van der Waals surface area contributed by atoms with E-state index in [-0.39, 0.29) is 11.9 Å². The molecule has 9 heteroatoms. The number of methoxy groups -OCH3 is 1. The first-order chi connectivity index (χ1) is 16.0. The minimum atomic E-state index is -0.183. The van der Waals surface area contributed by atoms with E-state index in [9.17, 15) is 4.79 Å². The van der Waals surface area contributed by atoms with Crippen LogP contribution in [0.4, 0.5) is 10.6 Å². The second-order valence-electron chi connectivity index (χ2n) is 7.68. The van der Waals surface area contributed by atoms with Gasteiger partial charge in [-0.05, 0) is 52.0 Å². The fraction of sp³-hybridized carbons (Fsp3) is 0.250. The van der Waals surface area contributed by atoms with Gasteiger partial charge in [-0.25, -0.2) is 19.7 Å². The van der Waals surface area contributed by atoms with Crippen molar-refractivity contribution in [3.8, 4) is 17.5 Å². The molecule has 0 spiro atoms. The third kappa shape index (κ3) is 6.07. The van der Waals surface area contributed by atoms with Crippen molar-refractivity contribution in [2.75, 3.05) is 25.5 Å². The van der Waals surface area contributed by atoms with Gasteiger partial charge in [0.05, 0.1) is 19.5 Å². The summed E-state index contributed by atoms with van der Waals surface area (Å²) >= 11 is 3.37. The van der Waals surface area contributed by atoms with Crippen LogP contribution < -0.4 is 14.8 Å². The van der Waals surface area contributed by atoms with Gasteiger partial charge in [0.2, 0.25) is 11.8 Å². The lowest BCUT2D eigenvalue weighted by Crippen LogP contribution is -2.42. The topological polar surface area (TPSA) is 89.5 Å². The molecule has 1 saturated heterocycles. The normalized spacial score (nSPS) is 17.0. The number of nitrogens with zero attached hydrogens (tertiary/aromatic N) is 4. The third-order valence-electron chi connectivity index (χ3n) is 5.29. The van der Waals surface area contributed by atoms with Crippen molar-refractivity contribution in [2.45, 2.75) is 13.3 Å². The van der Waals surface area contributed by atoms with Gasteiger partial charge in [-0.3, -0.25) is 5.32 Å². The second-order valence-corrected chi connectivity index (χ2v) is 8.60. The minimum absolute atomic E-state index is 0.183. The van der Waals surface area contributed by atoms with Crippen LogP contribution in [0.1, 0.15) is 18.9 Å². The van der Waals surface area contributed by atoms with Gasteiger partial charge in [-0.15, -0.1) is 0 Å². The number of amides is 2. The van der Waals surface area contributed by atoms with Crippen molar-refractivity contribution >= 4 is 33.9 Å². The van der Waals surface area contributed by atoms with Gasteiger partial charge >= 0.3 is 6.03 Å². The summed E-state index contributed by atoms with van der Waals surface area (Å²) in [6.07, 6.45) is 7.63. The molecule has 0 radical (unpaired) electrons. The number of urea groups is 1. The van der Waals surface area contributed by atoms with E-state index in [1.165, 1.54) is 25.1 Å². The molecule has 3 heterocycles. The number of halogens is 1. The Hall–Kier alpha value is -3.46. The lowest BCUT2D eigenvalue weighted by Gasteiger charge is -2.33. The Labute approximate surface area is 200 Å². The molecule has 1 aliphatic rings. The molecule has 0 aliphatic carbocycles. The number of nitrogens with one attached hydrogen (secondary N) is 1. The Balaban J connectivity index is 1.37. The van der Waals surface area contributed by atoms with Crippen molar-refractivity contribution in [1.82, 2.24) is 19.9 Å². The lowest BCUT2D eigenvalue weighted by atomic mass is 9.91. The number of piperidine rings is 1. The largest absolute Gasteiger partial charge is 0.480 e. The number of carbonyl (C=O) groups is 1. The smallest absolute Gasteiger partial charge is 0.323 e. The maximum atomic E-state index is 12.6. The summed E-state index contributed by atoms with van der Waals surface area (Å²) in [7, 11) is 1.52. The Morgan fingerprint density at radius 2 is 2.00 bits per heavy atom. The standard InChI is InChI=1S/C24H24BrN5O3/c1-16-15-30(24(31)29-21-13-28-23(32-2)14-26-21)9-8-18(16)10-17-4-3-5-20(11-17)33-22-7-6-19(25)12-27-22/h3-7,10-14,16H,8-9,15H2,1-2H3,(H,26,29,31). The molecule has 2 amide bonds. The van der Waals surface area contributed by atoms with E-state index in [0.29, 0.717) is 30.7 Å². The molecular formula is C24H24BrN5O3. The van der Waals surface area contributed by atoms with Crippen molar-refractivity contribution in [1.29, 1.82) is 0 Å². The zero-order chi connectivity index (χ0) is 23.2. The Morgan fingerprint density at radius 1 is 1.15 bits per heavy atom. The minimum Gasteiger partial charge on any atom is -0.480 e. The summed E-state index contributed by atoms with van der Waals surface area (Å²) in [5, 5.41) is 2.80. The first kappa shape index (κ1) is 22.7. The number of likely N-dealkylation sites (tertiary alicyclic amines) is 1. The van der Waals surface area contributed by atoms with Crippen LogP contribution in [-0.4, -0.2) is 46.1 Å². The zero-order valence-corrected chi connectivity index (χ0v) is 19.9. The van der Waals surface area contributed by atoms with Gasteiger partial charge in [0.1, 0.15) is 5.75 Å². The highest BCUT2D eigenvalue weighted by molar-refractivity contribution is 9.10. The summed E-state index contributed by atoms with van der Waals surface area (Å²) in [5.74, 6) is 2.29.